The van der Waals surface area contributed by atoms with E-state index in [1.807, 2.05) is 0 Å². The van der Waals surface area contributed by atoms with Crippen LogP contribution in [0.5, 0.6) is 0 Å². The Labute approximate surface area is 65.8 Å². The molecule has 1 aromatic heterocycles. The molecule has 0 saturated carbocycles. The molecule has 0 fully saturated rings. The van der Waals surface area contributed by atoms with Crippen molar-refractivity contribution in [1.29, 1.82) is 0 Å². The van der Waals surface area contributed by atoms with Crippen LogP contribution in [-0.4, -0.2) is 14.7 Å². The molecule has 0 aliphatic rings. The zero-order valence-electron chi connectivity index (χ0n) is 6.07. The van der Waals surface area contributed by atoms with Crippen molar-refractivity contribution in [3.63, 3.8) is 0 Å². The Hall–Kier alpha value is -1.53. The number of nitro groups is 1. The third kappa shape index (κ3) is 1.39. The summed E-state index contributed by atoms with van der Waals surface area (Å²) in [5.74, 6) is -0.692. The van der Waals surface area contributed by atoms with Crippen LogP contribution in [0.2, 0.25) is 0 Å². The summed E-state index contributed by atoms with van der Waals surface area (Å²) in [6, 6.07) is 0.992. The molecule has 0 unspecified atom stereocenters. The summed E-state index contributed by atoms with van der Waals surface area (Å²) in [4.78, 5) is 9.25. The van der Waals surface area contributed by atoms with E-state index in [0.717, 1.165) is 6.07 Å². The van der Waals surface area contributed by atoms with Gasteiger partial charge in [0, 0.05) is 0 Å². The summed E-state index contributed by atoms with van der Waals surface area (Å²) < 4.78 is 24.1. The van der Waals surface area contributed by atoms with E-state index in [4.69, 9.17) is 0 Å². The van der Waals surface area contributed by atoms with Crippen LogP contribution < -0.4 is 0 Å². The normalized spacial score (nSPS) is 10.7. The molecule has 0 atom stereocenters. The second-order valence-electron chi connectivity index (χ2n) is 2.12. The van der Waals surface area contributed by atoms with Gasteiger partial charge in [-0.2, -0.15) is 8.78 Å². The first-order valence-corrected chi connectivity index (χ1v) is 3.01. The number of halogens is 2. The minimum Gasteiger partial charge on any atom is -0.358 e. The summed E-state index contributed by atoms with van der Waals surface area (Å²) >= 11 is 0. The SMILES string of the molecule is Cc1cc([N+](=O)[O-])n(C(F)F)n1. The molecule has 0 N–H and O–H groups in total. The van der Waals surface area contributed by atoms with Crippen LogP contribution in [0.4, 0.5) is 14.6 Å². The van der Waals surface area contributed by atoms with E-state index in [2.05, 4.69) is 5.10 Å². The molecule has 7 heteroatoms. The van der Waals surface area contributed by atoms with E-state index in [0.29, 0.717) is 0 Å². The van der Waals surface area contributed by atoms with Crippen LogP contribution in [0.1, 0.15) is 12.2 Å². The molecular formula is C5H5F2N3O2. The minimum absolute atomic E-state index is 0.0787. The van der Waals surface area contributed by atoms with Gasteiger partial charge in [-0.25, -0.2) is 0 Å². The van der Waals surface area contributed by atoms with E-state index >= 15 is 0 Å². The molecule has 0 aliphatic carbocycles. The number of rotatable bonds is 2. The van der Waals surface area contributed by atoms with Crippen LogP contribution in [0.3, 0.4) is 0 Å². The van der Waals surface area contributed by atoms with Crippen molar-refractivity contribution in [3.05, 3.63) is 21.9 Å². The van der Waals surface area contributed by atoms with Crippen LogP contribution >= 0.6 is 0 Å². The lowest BCUT2D eigenvalue weighted by Crippen LogP contribution is -2.04. The highest BCUT2D eigenvalue weighted by Crippen LogP contribution is 2.19. The Morgan fingerprint density at radius 3 is 2.67 bits per heavy atom. The van der Waals surface area contributed by atoms with Gasteiger partial charge in [0.25, 0.3) is 0 Å². The average molecular weight is 177 g/mol. The van der Waals surface area contributed by atoms with Gasteiger partial charge in [0.05, 0.1) is 11.8 Å². The quantitative estimate of drug-likeness (QED) is 0.507. The first-order valence-electron chi connectivity index (χ1n) is 3.01. The monoisotopic (exact) mass is 177 g/mol. The van der Waals surface area contributed by atoms with Crippen molar-refractivity contribution in [2.75, 3.05) is 0 Å². The molecule has 0 radical (unpaired) electrons. The van der Waals surface area contributed by atoms with E-state index in [9.17, 15) is 18.9 Å². The van der Waals surface area contributed by atoms with E-state index in [1.54, 1.807) is 0 Å². The highest BCUT2D eigenvalue weighted by atomic mass is 19.3. The maximum absolute atomic E-state index is 12.0. The maximum Gasteiger partial charge on any atom is 0.406 e. The van der Waals surface area contributed by atoms with Gasteiger partial charge in [-0.1, -0.05) is 9.78 Å². The number of aryl methyl sites for hydroxylation is 1. The topological polar surface area (TPSA) is 61.0 Å². The Balaban J connectivity index is 3.17. The molecule has 1 aromatic rings. The highest BCUT2D eigenvalue weighted by molar-refractivity contribution is 5.22. The van der Waals surface area contributed by atoms with Gasteiger partial charge in [0.2, 0.25) is 0 Å². The van der Waals surface area contributed by atoms with Crippen molar-refractivity contribution in [2.45, 2.75) is 13.5 Å². The van der Waals surface area contributed by atoms with Crippen molar-refractivity contribution < 1.29 is 13.7 Å². The molecule has 12 heavy (non-hydrogen) atoms. The highest BCUT2D eigenvalue weighted by Gasteiger charge is 2.23. The lowest BCUT2D eigenvalue weighted by molar-refractivity contribution is -0.394. The third-order valence-corrected chi connectivity index (χ3v) is 1.21. The zero-order valence-corrected chi connectivity index (χ0v) is 6.07. The molecule has 5 nitrogen and oxygen atoms in total. The number of nitrogens with zero attached hydrogens (tertiary/aromatic N) is 3. The van der Waals surface area contributed by atoms with Gasteiger partial charge < -0.3 is 10.1 Å². The molecule has 1 rings (SSSR count). The Bertz CT molecular complexity index is 310. The Morgan fingerprint density at radius 2 is 2.33 bits per heavy atom. The summed E-state index contributed by atoms with van der Waals surface area (Å²) in [5, 5.41) is 13.4. The average Bonchev–Trinajstić information content (AvgIpc) is 2.31. The molecule has 0 aromatic carbocycles. The fourth-order valence-electron chi connectivity index (χ4n) is 0.783. The standard InChI is InChI=1S/C5H5F2N3O2/c1-3-2-4(10(11)12)9(8-3)5(6)7/h2,5H,1H3. The molecule has 0 amide bonds. The van der Waals surface area contributed by atoms with Crippen molar-refractivity contribution in [1.82, 2.24) is 9.78 Å². The van der Waals surface area contributed by atoms with Gasteiger partial charge in [-0.3, -0.25) is 0 Å². The Morgan fingerprint density at radius 1 is 1.75 bits per heavy atom. The van der Waals surface area contributed by atoms with Gasteiger partial charge >= 0.3 is 12.4 Å². The van der Waals surface area contributed by atoms with Crippen molar-refractivity contribution in [2.24, 2.45) is 0 Å². The van der Waals surface area contributed by atoms with E-state index < -0.39 is 17.3 Å². The molecule has 1 heterocycles. The van der Waals surface area contributed by atoms with Crippen molar-refractivity contribution >= 4 is 5.82 Å². The molecular weight excluding hydrogens is 172 g/mol. The van der Waals surface area contributed by atoms with Crippen LogP contribution in [-0.2, 0) is 0 Å². The third-order valence-electron chi connectivity index (χ3n) is 1.21. The largest absolute Gasteiger partial charge is 0.406 e. The number of aromatic nitrogens is 2. The van der Waals surface area contributed by atoms with E-state index in [-0.39, 0.29) is 10.4 Å². The summed E-state index contributed by atoms with van der Waals surface area (Å²) in [5.41, 5.74) is 0.196. The summed E-state index contributed by atoms with van der Waals surface area (Å²) in [7, 11) is 0. The number of hydrogen-bond donors (Lipinski definition) is 0. The Kier molecular flexibility index (Phi) is 2.03. The number of alkyl halides is 2. The second kappa shape index (κ2) is 2.84. The fraction of sp³-hybridized carbons (Fsp3) is 0.400. The lowest BCUT2D eigenvalue weighted by Gasteiger charge is -1.95. The molecule has 66 valence electrons. The maximum atomic E-state index is 12.0. The summed E-state index contributed by atoms with van der Waals surface area (Å²) in [6.45, 7) is -1.56. The van der Waals surface area contributed by atoms with E-state index in [1.165, 1.54) is 6.92 Å². The number of hydrogen-bond acceptors (Lipinski definition) is 3. The molecule has 0 aliphatic heterocycles. The van der Waals surface area contributed by atoms with Crippen LogP contribution in [0.15, 0.2) is 6.07 Å². The van der Waals surface area contributed by atoms with Gasteiger partial charge in [0.15, 0.2) is 0 Å². The first kappa shape index (κ1) is 8.57. The van der Waals surface area contributed by atoms with Gasteiger partial charge in [-0.05, 0) is 11.8 Å². The van der Waals surface area contributed by atoms with Gasteiger partial charge in [0.1, 0.15) is 0 Å². The molecule has 0 bridgehead atoms. The smallest absolute Gasteiger partial charge is 0.358 e. The lowest BCUT2D eigenvalue weighted by atomic mass is 10.5. The fourth-order valence-corrected chi connectivity index (χ4v) is 0.783. The summed E-state index contributed by atoms with van der Waals surface area (Å²) in [6.07, 6.45) is 0. The minimum atomic E-state index is -2.97. The predicted octanol–water partition coefficient (Wildman–Crippen LogP) is 1.49. The van der Waals surface area contributed by atoms with Crippen LogP contribution in [0.25, 0.3) is 0 Å². The molecule has 0 spiro atoms. The zero-order chi connectivity index (χ0) is 9.30. The first-order chi connectivity index (χ1) is 5.52. The second-order valence-corrected chi connectivity index (χ2v) is 2.12. The van der Waals surface area contributed by atoms with Crippen LogP contribution in [0, 0.1) is 17.0 Å². The van der Waals surface area contributed by atoms with Crippen molar-refractivity contribution in [3.8, 4) is 0 Å². The predicted molar refractivity (Wildman–Crippen MR) is 34.9 cm³/mol. The molecule has 0 saturated heterocycles. The van der Waals surface area contributed by atoms with Gasteiger partial charge in [-0.15, -0.1) is 0 Å².